The van der Waals surface area contributed by atoms with Crippen molar-refractivity contribution < 1.29 is 14.3 Å². The zero-order valence-electron chi connectivity index (χ0n) is 11.2. The Morgan fingerprint density at radius 1 is 1.11 bits per heavy atom. The number of amides is 1. The van der Waals surface area contributed by atoms with Gasteiger partial charge in [0.15, 0.2) is 0 Å². The van der Waals surface area contributed by atoms with Crippen molar-refractivity contribution in [3.8, 4) is 11.5 Å². The van der Waals surface area contributed by atoms with Crippen LogP contribution in [-0.4, -0.2) is 38.1 Å². The van der Waals surface area contributed by atoms with Gasteiger partial charge in [-0.15, -0.1) is 0 Å². The zero-order chi connectivity index (χ0) is 13.8. The van der Waals surface area contributed by atoms with E-state index in [4.69, 9.17) is 9.47 Å². The molecule has 0 atom stereocenters. The van der Waals surface area contributed by atoms with Gasteiger partial charge in [-0.2, -0.15) is 0 Å². The van der Waals surface area contributed by atoms with E-state index in [1.807, 2.05) is 4.90 Å². The fourth-order valence-corrected chi connectivity index (χ4v) is 2.83. The Kier molecular flexibility index (Phi) is 4.69. The second kappa shape index (κ2) is 6.28. The van der Waals surface area contributed by atoms with Crippen LogP contribution in [0, 0.1) is 0 Å². The summed E-state index contributed by atoms with van der Waals surface area (Å²) in [5.74, 6) is 1.27. The van der Waals surface area contributed by atoms with Gasteiger partial charge in [0.05, 0.1) is 14.2 Å². The molecule has 1 aliphatic heterocycles. The van der Waals surface area contributed by atoms with Gasteiger partial charge in [-0.1, -0.05) is 0 Å². The molecule has 5 heteroatoms. The summed E-state index contributed by atoms with van der Waals surface area (Å²) in [4.78, 5) is 14.3. The van der Waals surface area contributed by atoms with Crippen LogP contribution >= 0.6 is 15.9 Å². The first-order valence-electron chi connectivity index (χ1n) is 6.38. The van der Waals surface area contributed by atoms with Gasteiger partial charge in [0, 0.05) is 18.7 Å². The number of carbonyl (C=O) groups excluding carboxylic acids is 1. The van der Waals surface area contributed by atoms with E-state index >= 15 is 0 Å². The summed E-state index contributed by atoms with van der Waals surface area (Å²) in [5.41, 5.74) is 0.610. The number of benzene rings is 1. The second-order valence-corrected chi connectivity index (χ2v) is 5.34. The van der Waals surface area contributed by atoms with Gasteiger partial charge >= 0.3 is 0 Å². The van der Waals surface area contributed by atoms with E-state index in [-0.39, 0.29) is 5.91 Å². The molecule has 2 rings (SSSR count). The lowest BCUT2D eigenvalue weighted by Crippen LogP contribution is -2.35. The number of rotatable bonds is 3. The van der Waals surface area contributed by atoms with E-state index in [0.717, 1.165) is 30.4 Å². The van der Waals surface area contributed by atoms with Crippen molar-refractivity contribution in [1.29, 1.82) is 0 Å². The first kappa shape index (κ1) is 14.2. The van der Waals surface area contributed by atoms with Crippen LogP contribution in [0.4, 0.5) is 0 Å². The summed E-state index contributed by atoms with van der Waals surface area (Å²) < 4.78 is 11.3. The van der Waals surface area contributed by atoms with E-state index in [2.05, 4.69) is 15.9 Å². The predicted molar refractivity (Wildman–Crippen MR) is 77.0 cm³/mol. The summed E-state index contributed by atoms with van der Waals surface area (Å²) in [6, 6.07) is 3.51. The van der Waals surface area contributed by atoms with Gasteiger partial charge in [0.2, 0.25) is 0 Å². The predicted octanol–water partition coefficient (Wildman–Crippen LogP) is 3.09. The van der Waals surface area contributed by atoms with Crippen LogP contribution in [0.2, 0.25) is 0 Å². The number of hydrogen-bond donors (Lipinski definition) is 0. The topological polar surface area (TPSA) is 38.8 Å². The number of carbonyl (C=O) groups is 1. The summed E-state index contributed by atoms with van der Waals surface area (Å²) in [6.45, 7) is 1.67. The number of nitrogens with zero attached hydrogens (tertiary/aromatic N) is 1. The summed E-state index contributed by atoms with van der Waals surface area (Å²) in [5, 5.41) is 0. The highest BCUT2D eigenvalue weighted by Gasteiger charge is 2.21. The minimum absolute atomic E-state index is 0.0452. The molecule has 0 radical (unpaired) electrons. The molecule has 1 saturated heterocycles. The molecule has 1 aromatic rings. The van der Waals surface area contributed by atoms with Crippen molar-refractivity contribution in [2.45, 2.75) is 19.3 Å². The van der Waals surface area contributed by atoms with Crippen molar-refractivity contribution >= 4 is 21.8 Å². The van der Waals surface area contributed by atoms with E-state index < -0.39 is 0 Å². The Morgan fingerprint density at radius 3 is 2.11 bits per heavy atom. The largest absolute Gasteiger partial charge is 0.495 e. The Morgan fingerprint density at radius 2 is 1.63 bits per heavy atom. The molecule has 1 fully saturated rings. The molecule has 19 heavy (non-hydrogen) atoms. The molecular formula is C14H18BrNO3. The first-order chi connectivity index (χ1) is 9.17. The molecule has 4 nitrogen and oxygen atoms in total. The molecular weight excluding hydrogens is 310 g/mol. The summed E-state index contributed by atoms with van der Waals surface area (Å²) >= 11 is 3.41. The smallest absolute Gasteiger partial charge is 0.254 e. The number of hydrogen-bond acceptors (Lipinski definition) is 3. The van der Waals surface area contributed by atoms with Crippen LogP contribution in [0.5, 0.6) is 11.5 Å². The molecule has 0 unspecified atom stereocenters. The molecule has 0 bridgehead atoms. The van der Waals surface area contributed by atoms with Crippen molar-refractivity contribution in [3.63, 3.8) is 0 Å². The van der Waals surface area contributed by atoms with Gasteiger partial charge < -0.3 is 14.4 Å². The quantitative estimate of drug-likeness (QED) is 0.856. The number of piperidine rings is 1. The van der Waals surface area contributed by atoms with Gasteiger partial charge in [-0.25, -0.2) is 0 Å². The minimum Gasteiger partial charge on any atom is -0.495 e. The molecule has 1 amide bonds. The average Bonchev–Trinajstić information content (AvgIpc) is 2.47. The number of halogens is 1. The van der Waals surface area contributed by atoms with Crippen LogP contribution in [0.15, 0.2) is 16.6 Å². The molecule has 1 heterocycles. The third kappa shape index (κ3) is 3.03. The molecule has 0 aromatic heterocycles. The third-order valence-electron chi connectivity index (χ3n) is 3.34. The molecule has 1 aliphatic rings. The van der Waals surface area contributed by atoms with E-state index in [0.29, 0.717) is 17.1 Å². The Hall–Kier alpha value is -1.23. The van der Waals surface area contributed by atoms with E-state index in [1.54, 1.807) is 26.4 Å². The highest BCUT2D eigenvalue weighted by atomic mass is 79.9. The van der Waals surface area contributed by atoms with Gasteiger partial charge in [-0.05, 0) is 47.3 Å². The SMILES string of the molecule is COc1cc(C(=O)N2CCCCC2)cc(OC)c1Br. The van der Waals surface area contributed by atoms with Crippen molar-refractivity contribution in [2.24, 2.45) is 0 Å². The maximum Gasteiger partial charge on any atom is 0.254 e. The Labute approximate surface area is 121 Å². The van der Waals surface area contributed by atoms with Gasteiger partial charge in [-0.3, -0.25) is 4.79 Å². The van der Waals surface area contributed by atoms with Crippen molar-refractivity contribution in [1.82, 2.24) is 4.90 Å². The number of likely N-dealkylation sites (tertiary alicyclic amines) is 1. The van der Waals surface area contributed by atoms with Crippen molar-refractivity contribution in [2.75, 3.05) is 27.3 Å². The molecule has 0 aliphatic carbocycles. The standard InChI is InChI=1S/C14H18BrNO3/c1-18-11-8-10(9-12(19-2)13(11)15)14(17)16-6-4-3-5-7-16/h8-9H,3-7H2,1-2H3. The van der Waals surface area contributed by atoms with Crippen LogP contribution < -0.4 is 9.47 Å². The molecule has 104 valence electrons. The maximum absolute atomic E-state index is 12.4. The van der Waals surface area contributed by atoms with Crippen LogP contribution in [0.1, 0.15) is 29.6 Å². The maximum atomic E-state index is 12.4. The van der Waals surface area contributed by atoms with Crippen LogP contribution in [-0.2, 0) is 0 Å². The number of ether oxygens (including phenoxy) is 2. The van der Waals surface area contributed by atoms with E-state index in [9.17, 15) is 4.79 Å². The fourth-order valence-electron chi connectivity index (χ4n) is 2.27. The molecule has 0 saturated carbocycles. The minimum atomic E-state index is 0.0452. The zero-order valence-corrected chi connectivity index (χ0v) is 12.8. The molecule has 0 N–H and O–H groups in total. The second-order valence-electron chi connectivity index (χ2n) is 4.55. The van der Waals surface area contributed by atoms with Crippen LogP contribution in [0.3, 0.4) is 0 Å². The summed E-state index contributed by atoms with van der Waals surface area (Å²) in [7, 11) is 3.16. The normalized spacial score (nSPS) is 15.2. The average molecular weight is 328 g/mol. The van der Waals surface area contributed by atoms with Gasteiger partial charge in [0.25, 0.3) is 5.91 Å². The Bertz CT molecular complexity index is 445. The monoisotopic (exact) mass is 327 g/mol. The lowest BCUT2D eigenvalue weighted by atomic mass is 10.1. The van der Waals surface area contributed by atoms with E-state index in [1.165, 1.54) is 6.42 Å². The van der Waals surface area contributed by atoms with Crippen molar-refractivity contribution in [3.05, 3.63) is 22.2 Å². The molecule has 1 aromatic carbocycles. The van der Waals surface area contributed by atoms with Gasteiger partial charge in [0.1, 0.15) is 16.0 Å². The molecule has 0 spiro atoms. The fraction of sp³-hybridized carbons (Fsp3) is 0.500. The summed E-state index contributed by atoms with van der Waals surface area (Å²) in [6.07, 6.45) is 3.36. The first-order valence-corrected chi connectivity index (χ1v) is 7.17. The lowest BCUT2D eigenvalue weighted by molar-refractivity contribution is 0.0723. The highest BCUT2D eigenvalue weighted by molar-refractivity contribution is 9.10. The third-order valence-corrected chi connectivity index (χ3v) is 4.12. The lowest BCUT2D eigenvalue weighted by Gasteiger charge is -2.27. The Balaban J connectivity index is 2.30. The highest BCUT2D eigenvalue weighted by Crippen LogP contribution is 2.36. The number of methoxy groups -OCH3 is 2. The van der Waals surface area contributed by atoms with Crippen LogP contribution in [0.25, 0.3) is 0 Å².